The van der Waals surface area contributed by atoms with Crippen molar-refractivity contribution in [3.63, 3.8) is 0 Å². The standard InChI is InChI=1S/C14H21N3O2/c1-4-17-14(2,3)13(19)16-9-10-6-5-7-11(8-10)12(15)18/h5-8,17H,4,9H2,1-3H3,(H2,15,18)(H,16,19). The van der Waals surface area contributed by atoms with Crippen LogP contribution in [0.3, 0.4) is 0 Å². The van der Waals surface area contributed by atoms with Crippen LogP contribution in [0.2, 0.25) is 0 Å². The maximum atomic E-state index is 12.0. The minimum absolute atomic E-state index is 0.0844. The lowest BCUT2D eigenvalue weighted by Crippen LogP contribution is -2.52. The molecule has 0 radical (unpaired) electrons. The number of carbonyl (C=O) groups excluding carboxylic acids is 2. The lowest BCUT2D eigenvalue weighted by molar-refractivity contribution is -0.126. The van der Waals surface area contributed by atoms with Gasteiger partial charge >= 0.3 is 0 Å². The molecule has 0 bridgehead atoms. The van der Waals surface area contributed by atoms with Gasteiger partial charge in [0.2, 0.25) is 11.8 Å². The summed E-state index contributed by atoms with van der Waals surface area (Å²) in [6.07, 6.45) is 0. The summed E-state index contributed by atoms with van der Waals surface area (Å²) in [5, 5.41) is 5.94. The van der Waals surface area contributed by atoms with Crippen LogP contribution in [0.25, 0.3) is 0 Å². The van der Waals surface area contributed by atoms with Crippen molar-refractivity contribution in [1.29, 1.82) is 0 Å². The van der Waals surface area contributed by atoms with E-state index in [9.17, 15) is 9.59 Å². The van der Waals surface area contributed by atoms with Crippen LogP contribution in [-0.2, 0) is 11.3 Å². The van der Waals surface area contributed by atoms with E-state index in [4.69, 9.17) is 5.73 Å². The molecule has 0 aromatic heterocycles. The van der Waals surface area contributed by atoms with Crippen LogP contribution in [0.1, 0.15) is 36.7 Å². The number of benzene rings is 1. The largest absolute Gasteiger partial charge is 0.366 e. The van der Waals surface area contributed by atoms with Crippen molar-refractivity contribution in [1.82, 2.24) is 10.6 Å². The Labute approximate surface area is 113 Å². The molecule has 0 saturated carbocycles. The molecule has 0 aliphatic heterocycles. The fourth-order valence-corrected chi connectivity index (χ4v) is 1.76. The Hall–Kier alpha value is -1.88. The van der Waals surface area contributed by atoms with Gasteiger partial charge in [0, 0.05) is 12.1 Å². The number of nitrogens with two attached hydrogens (primary N) is 1. The van der Waals surface area contributed by atoms with E-state index in [1.54, 1.807) is 18.2 Å². The van der Waals surface area contributed by atoms with Crippen LogP contribution in [-0.4, -0.2) is 23.9 Å². The average Bonchev–Trinajstić information content (AvgIpc) is 2.36. The highest BCUT2D eigenvalue weighted by atomic mass is 16.2. The van der Waals surface area contributed by atoms with E-state index in [0.29, 0.717) is 12.1 Å². The van der Waals surface area contributed by atoms with Crippen molar-refractivity contribution >= 4 is 11.8 Å². The third-order valence-corrected chi connectivity index (χ3v) is 2.85. The van der Waals surface area contributed by atoms with Gasteiger partial charge in [-0.25, -0.2) is 0 Å². The highest BCUT2D eigenvalue weighted by Gasteiger charge is 2.25. The van der Waals surface area contributed by atoms with Crippen molar-refractivity contribution in [3.05, 3.63) is 35.4 Å². The van der Waals surface area contributed by atoms with Crippen LogP contribution in [0.15, 0.2) is 24.3 Å². The Balaban J connectivity index is 2.64. The van der Waals surface area contributed by atoms with Gasteiger partial charge in [-0.3, -0.25) is 9.59 Å². The van der Waals surface area contributed by atoms with Gasteiger partial charge in [-0.15, -0.1) is 0 Å². The number of primary amides is 1. The molecular weight excluding hydrogens is 242 g/mol. The molecule has 4 N–H and O–H groups in total. The SMILES string of the molecule is CCNC(C)(C)C(=O)NCc1cccc(C(N)=O)c1. The topological polar surface area (TPSA) is 84.2 Å². The summed E-state index contributed by atoms with van der Waals surface area (Å²) in [6.45, 7) is 6.69. The number of nitrogens with one attached hydrogen (secondary N) is 2. The Morgan fingerprint density at radius 2 is 2.00 bits per heavy atom. The van der Waals surface area contributed by atoms with Gasteiger partial charge in [0.1, 0.15) is 0 Å². The summed E-state index contributed by atoms with van der Waals surface area (Å²) in [5.74, 6) is -0.556. The highest BCUT2D eigenvalue weighted by Crippen LogP contribution is 2.06. The predicted molar refractivity (Wildman–Crippen MR) is 74.6 cm³/mol. The predicted octanol–water partition coefficient (Wildman–Crippen LogP) is 0.790. The Morgan fingerprint density at radius 3 is 2.58 bits per heavy atom. The molecule has 1 aromatic carbocycles. The molecule has 0 aliphatic carbocycles. The van der Waals surface area contributed by atoms with Crippen molar-refractivity contribution in [3.8, 4) is 0 Å². The first-order valence-corrected chi connectivity index (χ1v) is 6.29. The lowest BCUT2D eigenvalue weighted by atomic mass is 10.0. The second-order valence-corrected chi connectivity index (χ2v) is 4.90. The first-order valence-electron chi connectivity index (χ1n) is 6.29. The summed E-state index contributed by atoms with van der Waals surface area (Å²) < 4.78 is 0. The molecule has 0 aliphatic rings. The fourth-order valence-electron chi connectivity index (χ4n) is 1.76. The molecule has 0 fully saturated rings. The minimum Gasteiger partial charge on any atom is -0.366 e. The molecule has 2 amide bonds. The number of likely N-dealkylation sites (N-methyl/N-ethyl adjacent to an activating group) is 1. The van der Waals surface area contributed by atoms with Gasteiger partial charge in [0.25, 0.3) is 0 Å². The normalized spacial score (nSPS) is 11.1. The van der Waals surface area contributed by atoms with E-state index in [1.807, 2.05) is 26.8 Å². The van der Waals surface area contributed by atoms with Gasteiger partial charge in [-0.05, 0) is 38.1 Å². The molecule has 0 heterocycles. The summed E-state index contributed by atoms with van der Waals surface area (Å²) in [7, 11) is 0. The molecule has 19 heavy (non-hydrogen) atoms. The maximum absolute atomic E-state index is 12.0. The van der Waals surface area contributed by atoms with E-state index in [1.165, 1.54) is 0 Å². The van der Waals surface area contributed by atoms with E-state index in [2.05, 4.69) is 10.6 Å². The number of hydrogen-bond acceptors (Lipinski definition) is 3. The third-order valence-electron chi connectivity index (χ3n) is 2.85. The Kier molecular flexibility index (Phi) is 5.06. The van der Waals surface area contributed by atoms with Gasteiger partial charge in [-0.2, -0.15) is 0 Å². The van der Waals surface area contributed by atoms with Gasteiger partial charge < -0.3 is 16.4 Å². The summed E-state index contributed by atoms with van der Waals surface area (Å²) >= 11 is 0. The van der Waals surface area contributed by atoms with Gasteiger partial charge in [-0.1, -0.05) is 19.1 Å². The Morgan fingerprint density at radius 1 is 1.32 bits per heavy atom. The zero-order chi connectivity index (χ0) is 14.5. The molecule has 104 valence electrons. The molecule has 0 atom stereocenters. The summed E-state index contributed by atoms with van der Waals surface area (Å²) in [4.78, 5) is 23.0. The van der Waals surface area contributed by atoms with E-state index >= 15 is 0 Å². The fraction of sp³-hybridized carbons (Fsp3) is 0.429. The molecule has 0 spiro atoms. The van der Waals surface area contributed by atoms with E-state index in [0.717, 1.165) is 12.1 Å². The van der Waals surface area contributed by atoms with Crippen LogP contribution in [0.5, 0.6) is 0 Å². The Bertz CT molecular complexity index is 470. The number of rotatable bonds is 6. The molecular formula is C14H21N3O2. The molecule has 5 heteroatoms. The van der Waals surface area contributed by atoms with Crippen molar-refractivity contribution in [2.24, 2.45) is 5.73 Å². The average molecular weight is 263 g/mol. The second-order valence-electron chi connectivity index (χ2n) is 4.90. The quantitative estimate of drug-likeness (QED) is 0.709. The van der Waals surface area contributed by atoms with E-state index in [-0.39, 0.29) is 5.91 Å². The highest BCUT2D eigenvalue weighted by molar-refractivity contribution is 5.93. The maximum Gasteiger partial charge on any atom is 0.248 e. The number of amides is 2. The molecule has 5 nitrogen and oxygen atoms in total. The number of hydrogen-bond donors (Lipinski definition) is 3. The summed E-state index contributed by atoms with van der Waals surface area (Å²) in [6, 6.07) is 6.92. The van der Waals surface area contributed by atoms with Crippen LogP contribution < -0.4 is 16.4 Å². The monoisotopic (exact) mass is 263 g/mol. The van der Waals surface area contributed by atoms with Crippen molar-refractivity contribution < 1.29 is 9.59 Å². The first kappa shape index (κ1) is 15.2. The smallest absolute Gasteiger partial charge is 0.248 e. The molecule has 1 aromatic rings. The van der Waals surface area contributed by atoms with Gasteiger partial charge in [0.05, 0.1) is 5.54 Å². The van der Waals surface area contributed by atoms with Crippen LogP contribution in [0, 0.1) is 0 Å². The van der Waals surface area contributed by atoms with E-state index < -0.39 is 11.4 Å². The lowest BCUT2D eigenvalue weighted by Gasteiger charge is -2.24. The van der Waals surface area contributed by atoms with Crippen molar-refractivity contribution in [2.45, 2.75) is 32.9 Å². The van der Waals surface area contributed by atoms with Crippen LogP contribution >= 0.6 is 0 Å². The zero-order valence-corrected chi connectivity index (χ0v) is 11.6. The second kappa shape index (κ2) is 6.33. The summed E-state index contributed by atoms with van der Waals surface area (Å²) in [5.41, 5.74) is 5.88. The molecule has 0 unspecified atom stereocenters. The minimum atomic E-state index is -0.615. The molecule has 0 saturated heterocycles. The first-order chi connectivity index (χ1) is 8.86. The van der Waals surface area contributed by atoms with Gasteiger partial charge in [0.15, 0.2) is 0 Å². The van der Waals surface area contributed by atoms with Crippen molar-refractivity contribution in [2.75, 3.05) is 6.54 Å². The zero-order valence-electron chi connectivity index (χ0n) is 11.6. The third kappa shape index (κ3) is 4.37. The van der Waals surface area contributed by atoms with Crippen LogP contribution in [0.4, 0.5) is 0 Å². The number of carbonyl (C=O) groups is 2. The molecule has 1 rings (SSSR count).